The fourth-order valence-corrected chi connectivity index (χ4v) is 2.07. The van der Waals surface area contributed by atoms with Crippen LogP contribution in [-0.2, 0) is 9.47 Å². The number of hydrogen-bond donors (Lipinski definition) is 1. The maximum Gasteiger partial charge on any atom is 0.254 e. The molecule has 0 unspecified atom stereocenters. The minimum atomic E-state index is -0.0372. The van der Waals surface area contributed by atoms with Crippen molar-refractivity contribution in [3.63, 3.8) is 0 Å². The highest BCUT2D eigenvalue weighted by Crippen LogP contribution is 2.13. The number of benzene rings is 1. The van der Waals surface area contributed by atoms with E-state index in [4.69, 9.17) is 15.2 Å². The minimum Gasteiger partial charge on any atom is -0.399 e. The van der Waals surface area contributed by atoms with Gasteiger partial charge >= 0.3 is 0 Å². The van der Waals surface area contributed by atoms with Crippen molar-refractivity contribution in [2.75, 3.05) is 45.3 Å². The molecule has 0 fully saturated rings. The Morgan fingerprint density at radius 1 is 1.10 bits per heavy atom. The molecule has 0 spiro atoms. The molecule has 0 aliphatic rings. The molecule has 0 heterocycles. The van der Waals surface area contributed by atoms with Crippen LogP contribution in [0.25, 0.3) is 0 Å². The summed E-state index contributed by atoms with van der Waals surface area (Å²) in [6.45, 7) is 9.24. The second-order valence-corrected chi connectivity index (χ2v) is 4.82. The second kappa shape index (κ2) is 9.37. The smallest absolute Gasteiger partial charge is 0.254 e. The molecule has 0 aliphatic heterocycles. The molecule has 21 heavy (non-hydrogen) atoms. The molecule has 2 N–H and O–H groups in total. The summed E-state index contributed by atoms with van der Waals surface area (Å²) in [7, 11) is 0. The quantitative estimate of drug-likeness (QED) is 0.559. The fourth-order valence-electron chi connectivity index (χ4n) is 2.07. The molecule has 5 nitrogen and oxygen atoms in total. The lowest BCUT2D eigenvalue weighted by Gasteiger charge is -2.23. The number of hydrogen-bond acceptors (Lipinski definition) is 4. The molecule has 0 saturated carbocycles. The van der Waals surface area contributed by atoms with Crippen LogP contribution in [0.3, 0.4) is 0 Å². The van der Waals surface area contributed by atoms with Crippen molar-refractivity contribution < 1.29 is 14.3 Å². The molecule has 1 aromatic rings. The SMILES string of the molecule is CCOCCN(CCOCC)C(=O)c1cc(C)cc(N)c1. The van der Waals surface area contributed by atoms with E-state index in [1.807, 2.05) is 32.9 Å². The summed E-state index contributed by atoms with van der Waals surface area (Å²) in [6, 6.07) is 5.41. The van der Waals surface area contributed by atoms with Crippen LogP contribution in [0.2, 0.25) is 0 Å². The van der Waals surface area contributed by atoms with Gasteiger partial charge in [-0.3, -0.25) is 4.79 Å². The monoisotopic (exact) mass is 294 g/mol. The summed E-state index contributed by atoms with van der Waals surface area (Å²) in [6.07, 6.45) is 0. The third kappa shape index (κ3) is 6.14. The lowest BCUT2D eigenvalue weighted by atomic mass is 10.1. The lowest BCUT2D eigenvalue weighted by molar-refractivity contribution is 0.0550. The number of nitrogen functional groups attached to an aromatic ring is 1. The molecule has 0 bridgehead atoms. The number of rotatable bonds is 9. The minimum absolute atomic E-state index is 0.0372. The first-order chi connectivity index (χ1) is 10.1. The highest BCUT2D eigenvalue weighted by atomic mass is 16.5. The molecule has 1 amide bonds. The van der Waals surface area contributed by atoms with Gasteiger partial charge in [0.1, 0.15) is 0 Å². The van der Waals surface area contributed by atoms with Crippen LogP contribution in [0.15, 0.2) is 18.2 Å². The summed E-state index contributed by atoms with van der Waals surface area (Å²) in [4.78, 5) is 14.3. The lowest BCUT2D eigenvalue weighted by Crippen LogP contribution is -2.36. The van der Waals surface area contributed by atoms with Crippen molar-refractivity contribution in [1.82, 2.24) is 4.90 Å². The van der Waals surface area contributed by atoms with E-state index in [1.54, 1.807) is 11.0 Å². The van der Waals surface area contributed by atoms with Crippen molar-refractivity contribution in [3.05, 3.63) is 29.3 Å². The van der Waals surface area contributed by atoms with E-state index in [9.17, 15) is 4.79 Å². The van der Waals surface area contributed by atoms with Gasteiger partial charge in [0, 0.05) is 37.6 Å². The highest BCUT2D eigenvalue weighted by Gasteiger charge is 2.16. The molecule has 1 rings (SSSR count). The first kappa shape index (κ1) is 17.5. The molecule has 0 aliphatic carbocycles. The highest BCUT2D eigenvalue weighted by molar-refractivity contribution is 5.95. The van der Waals surface area contributed by atoms with Crippen molar-refractivity contribution in [3.8, 4) is 0 Å². The molecule has 0 atom stereocenters. The number of carbonyl (C=O) groups is 1. The number of anilines is 1. The van der Waals surface area contributed by atoms with E-state index in [-0.39, 0.29) is 5.91 Å². The topological polar surface area (TPSA) is 64.8 Å². The Balaban J connectivity index is 2.76. The van der Waals surface area contributed by atoms with Crippen LogP contribution in [0, 0.1) is 6.92 Å². The molecule has 118 valence electrons. The molecular formula is C16H26N2O3. The summed E-state index contributed by atoms with van der Waals surface area (Å²) < 4.78 is 10.7. The van der Waals surface area contributed by atoms with Crippen LogP contribution in [-0.4, -0.2) is 50.3 Å². The Hall–Kier alpha value is -1.59. The first-order valence-electron chi connectivity index (χ1n) is 7.40. The van der Waals surface area contributed by atoms with Crippen molar-refractivity contribution in [1.29, 1.82) is 0 Å². The summed E-state index contributed by atoms with van der Waals surface area (Å²) >= 11 is 0. The Morgan fingerprint density at radius 3 is 2.14 bits per heavy atom. The van der Waals surface area contributed by atoms with Gasteiger partial charge in [-0.05, 0) is 44.5 Å². The third-order valence-electron chi connectivity index (χ3n) is 3.05. The summed E-state index contributed by atoms with van der Waals surface area (Å²) in [5.74, 6) is -0.0372. The zero-order valence-corrected chi connectivity index (χ0v) is 13.2. The van der Waals surface area contributed by atoms with E-state index in [2.05, 4.69) is 0 Å². The summed E-state index contributed by atoms with van der Waals surface area (Å²) in [5, 5.41) is 0. The zero-order valence-electron chi connectivity index (χ0n) is 13.2. The normalized spacial score (nSPS) is 10.6. The number of carbonyl (C=O) groups excluding carboxylic acids is 1. The number of nitrogens with two attached hydrogens (primary N) is 1. The van der Waals surface area contributed by atoms with E-state index in [1.165, 1.54) is 0 Å². The molecule has 5 heteroatoms. The van der Waals surface area contributed by atoms with Gasteiger partial charge in [-0.15, -0.1) is 0 Å². The van der Waals surface area contributed by atoms with Crippen LogP contribution in [0.5, 0.6) is 0 Å². The predicted molar refractivity (Wildman–Crippen MR) is 84.5 cm³/mol. The van der Waals surface area contributed by atoms with E-state index < -0.39 is 0 Å². The Labute approximate surface area is 127 Å². The average Bonchev–Trinajstić information content (AvgIpc) is 2.44. The van der Waals surface area contributed by atoms with Gasteiger partial charge in [-0.1, -0.05) is 0 Å². The van der Waals surface area contributed by atoms with E-state index in [0.29, 0.717) is 50.8 Å². The molecule has 1 aromatic carbocycles. The Kier molecular flexibility index (Phi) is 7.79. The number of nitrogens with zero attached hydrogens (tertiary/aromatic N) is 1. The van der Waals surface area contributed by atoms with Crippen molar-refractivity contribution in [2.45, 2.75) is 20.8 Å². The third-order valence-corrected chi connectivity index (χ3v) is 3.05. The van der Waals surface area contributed by atoms with Gasteiger partial charge in [0.25, 0.3) is 5.91 Å². The first-order valence-corrected chi connectivity index (χ1v) is 7.40. The average molecular weight is 294 g/mol. The van der Waals surface area contributed by atoms with Gasteiger partial charge < -0.3 is 20.1 Å². The number of ether oxygens (including phenoxy) is 2. The van der Waals surface area contributed by atoms with Gasteiger partial charge in [-0.25, -0.2) is 0 Å². The van der Waals surface area contributed by atoms with Gasteiger partial charge in [0.2, 0.25) is 0 Å². The predicted octanol–water partition coefficient (Wildman–Crippen LogP) is 2.09. The zero-order chi connectivity index (χ0) is 15.7. The second-order valence-electron chi connectivity index (χ2n) is 4.82. The maximum absolute atomic E-state index is 12.6. The number of aryl methyl sites for hydroxylation is 1. The standard InChI is InChI=1S/C16H26N2O3/c1-4-20-8-6-18(7-9-21-5-2)16(19)14-10-13(3)11-15(17)12-14/h10-12H,4-9,17H2,1-3H3. The summed E-state index contributed by atoms with van der Waals surface area (Å²) in [5.41, 5.74) is 8.02. The van der Waals surface area contributed by atoms with Gasteiger partial charge in [0.05, 0.1) is 13.2 Å². The van der Waals surface area contributed by atoms with Gasteiger partial charge in [-0.2, -0.15) is 0 Å². The maximum atomic E-state index is 12.6. The molecule has 0 aromatic heterocycles. The van der Waals surface area contributed by atoms with Crippen LogP contribution < -0.4 is 5.73 Å². The van der Waals surface area contributed by atoms with E-state index in [0.717, 1.165) is 5.56 Å². The van der Waals surface area contributed by atoms with Crippen molar-refractivity contribution >= 4 is 11.6 Å². The fraction of sp³-hybridized carbons (Fsp3) is 0.562. The molecular weight excluding hydrogens is 268 g/mol. The van der Waals surface area contributed by atoms with E-state index >= 15 is 0 Å². The largest absolute Gasteiger partial charge is 0.399 e. The van der Waals surface area contributed by atoms with Crippen LogP contribution >= 0.6 is 0 Å². The van der Waals surface area contributed by atoms with Crippen LogP contribution in [0.1, 0.15) is 29.8 Å². The Bertz CT molecular complexity index is 419. The van der Waals surface area contributed by atoms with Gasteiger partial charge in [0.15, 0.2) is 0 Å². The van der Waals surface area contributed by atoms with Crippen LogP contribution in [0.4, 0.5) is 5.69 Å². The number of amides is 1. The molecule has 0 saturated heterocycles. The van der Waals surface area contributed by atoms with Crippen molar-refractivity contribution in [2.24, 2.45) is 0 Å². The molecule has 0 radical (unpaired) electrons. The Morgan fingerprint density at radius 2 is 1.67 bits per heavy atom.